The van der Waals surface area contributed by atoms with E-state index in [1.807, 2.05) is 26.8 Å². The van der Waals surface area contributed by atoms with Crippen molar-refractivity contribution in [3.8, 4) is 0 Å². The van der Waals surface area contributed by atoms with Gasteiger partial charge in [0.2, 0.25) is 0 Å². The number of amides is 1. The van der Waals surface area contributed by atoms with E-state index >= 15 is 0 Å². The molecule has 102 valence electrons. The minimum absolute atomic E-state index is 0.285. The van der Waals surface area contributed by atoms with Crippen LogP contribution in [0.25, 0.3) is 10.4 Å². The van der Waals surface area contributed by atoms with Crippen molar-refractivity contribution in [3.05, 3.63) is 31.8 Å². The highest BCUT2D eigenvalue weighted by Gasteiger charge is 2.29. The Balaban J connectivity index is 1.99. The van der Waals surface area contributed by atoms with Crippen LogP contribution in [0.5, 0.6) is 0 Å². The quantitative estimate of drug-likeness (QED) is 0.469. The predicted molar refractivity (Wildman–Crippen MR) is 72.7 cm³/mol. The molecule has 2 heterocycles. The predicted octanol–water partition coefficient (Wildman–Crippen LogP) is 3.81. The van der Waals surface area contributed by atoms with Crippen LogP contribution in [-0.2, 0) is 24.4 Å². The summed E-state index contributed by atoms with van der Waals surface area (Å²) >= 11 is 1.59. The van der Waals surface area contributed by atoms with Gasteiger partial charge in [-0.25, -0.2) is 4.79 Å². The SMILES string of the molecule is CC(C)(C)OC(=O)N1Cc2cc(CN=[N+]=[N-])sc2C1. The molecular formula is C12H16N4O2S. The van der Waals surface area contributed by atoms with E-state index in [-0.39, 0.29) is 6.09 Å². The van der Waals surface area contributed by atoms with Crippen molar-refractivity contribution in [1.29, 1.82) is 0 Å². The standard InChI is InChI=1S/C12H16N4O2S/c1-12(2,3)18-11(17)16-6-8-4-9(5-14-15-13)19-10(8)7-16/h4H,5-7H2,1-3H3. The first kappa shape index (κ1) is 13.7. The van der Waals surface area contributed by atoms with Crippen LogP contribution < -0.4 is 0 Å². The van der Waals surface area contributed by atoms with E-state index in [0.717, 1.165) is 15.3 Å². The zero-order valence-electron chi connectivity index (χ0n) is 11.2. The summed E-state index contributed by atoms with van der Waals surface area (Å²) < 4.78 is 5.34. The highest BCUT2D eigenvalue weighted by atomic mass is 32.1. The van der Waals surface area contributed by atoms with Crippen LogP contribution in [0.4, 0.5) is 4.79 Å². The van der Waals surface area contributed by atoms with Crippen molar-refractivity contribution < 1.29 is 9.53 Å². The van der Waals surface area contributed by atoms with E-state index in [1.54, 1.807) is 16.2 Å². The molecule has 2 rings (SSSR count). The number of thiophene rings is 1. The molecule has 1 aromatic heterocycles. The molecule has 0 aliphatic carbocycles. The average Bonchev–Trinajstić information content (AvgIpc) is 2.81. The Morgan fingerprint density at radius 1 is 1.58 bits per heavy atom. The molecule has 0 saturated carbocycles. The van der Waals surface area contributed by atoms with Gasteiger partial charge in [-0.15, -0.1) is 11.3 Å². The van der Waals surface area contributed by atoms with Gasteiger partial charge in [0.05, 0.1) is 19.6 Å². The molecule has 1 amide bonds. The minimum atomic E-state index is -0.472. The van der Waals surface area contributed by atoms with E-state index in [2.05, 4.69) is 10.0 Å². The first-order valence-corrected chi connectivity index (χ1v) is 6.80. The lowest BCUT2D eigenvalue weighted by Gasteiger charge is -2.24. The monoisotopic (exact) mass is 280 g/mol. The number of hydrogen-bond acceptors (Lipinski definition) is 4. The summed E-state index contributed by atoms with van der Waals surface area (Å²) in [4.78, 5) is 18.5. The molecule has 19 heavy (non-hydrogen) atoms. The van der Waals surface area contributed by atoms with Gasteiger partial charge in [0.25, 0.3) is 0 Å². The zero-order valence-corrected chi connectivity index (χ0v) is 12.0. The van der Waals surface area contributed by atoms with Gasteiger partial charge < -0.3 is 4.74 Å². The number of carbonyl (C=O) groups excluding carboxylic acids is 1. The Hall–Kier alpha value is -1.72. The highest BCUT2D eigenvalue weighted by Crippen LogP contribution is 2.32. The van der Waals surface area contributed by atoms with Crippen LogP contribution >= 0.6 is 11.3 Å². The summed E-state index contributed by atoms with van der Waals surface area (Å²) in [5.41, 5.74) is 8.94. The van der Waals surface area contributed by atoms with Crippen molar-refractivity contribution in [2.45, 2.75) is 46.0 Å². The number of carbonyl (C=O) groups is 1. The molecule has 0 spiro atoms. The maximum Gasteiger partial charge on any atom is 0.410 e. The molecule has 0 unspecified atom stereocenters. The molecule has 1 aliphatic heterocycles. The van der Waals surface area contributed by atoms with Crippen LogP contribution in [0.1, 0.15) is 36.1 Å². The van der Waals surface area contributed by atoms with Crippen molar-refractivity contribution >= 4 is 17.4 Å². The van der Waals surface area contributed by atoms with Crippen molar-refractivity contribution in [3.63, 3.8) is 0 Å². The maximum atomic E-state index is 11.9. The van der Waals surface area contributed by atoms with E-state index in [1.165, 1.54) is 0 Å². The lowest BCUT2D eigenvalue weighted by Crippen LogP contribution is -2.33. The maximum absolute atomic E-state index is 11.9. The Kier molecular flexibility index (Phi) is 3.68. The van der Waals surface area contributed by atoms with Crippen molar-refractivity contribution in [2.24, 2.45) is 5.11 Å². The third kappa shape index (κ3) is 3.39. The Bertz CT molecular complexity index is 517. The van der Waals surface area contributed by atoms with Gasteiger partial charge in [-0.2, -0.15) is 0 Å². The summed E-state index contributed by atoms with van der Waals surface area (Å²) in [6.07, 6.45) is -0.285. The van der Waals surface area contributed by atoms with Gasteiger partial charge >= 0.3 is 6.09 Å². The summed E-state index contributed by atoms with van der Waals surface area (Å²) in [7, 11) is 0. The molecule has 0 bridgehead atoms. The van der Waals surface area contributed by atoms with Gasteiger partial charge in [0.15, 0.2) is 0 Å². The van der Waals surface area contributed by atoms with Gasteiger partial charge in [-0.3, -0.25) is 4.90 Å². The molecule has 0 radical (unpaired) electrons. The number of ether oxygens (including phenoxy) is 1. The van der Waals surface area contributed by atoms with E-state index in [4.69, 9.17) is 10.3 Å². The number of azide groups is 1. The van der Waals surface area contributed by atoms with E-state index < -0.39 is 5.60 Å². The Labute approximate surface area is 115 Å². The number of nitrogens with zero attached hydrogens (tertiary/aromatic N) is 4. The second kappa shape index (κ2) is 5.11. The third-order valence-electron chi connectivity index (χ3n) is 2.58. The summed E-state index contributed by atoms with van der Waals surface area (Å²) in [5.74, 6) is 0. The number of rotatable bonds is 2. The summed E-state index contributed by atoms with van der Waals surface area (Å²) in [6.45, 7) is 7.08. The van der Waals surface area contributed by atoms with Gasteiger partial charge in [0.1, 0.15) is 5.60 Å². The summed E-state index contributed by atoms with van der Waals surface area (Å²) in [6, 6.07) is 2.00. The smallest absolute Gasteiger partial charge is 0.410 e. The fourth-order valence-electron chi connectivity index (χ4n) is 1.87. The zero-order chi connectivity index (χ0) is 14.0. The van der Waals surface area contributed by atoms with Gasteiger partial charge in [-0.05, 0) is 37.9 Å². The number of hydrogen-bond donors (Lipinski definition) is 0. The number of fused-ring (bicyclic) bond motifs is 1. The van der Waals surface area contributed by atoms with Crippen LogP contribution in [0.2, 0.25) is 0 Å². The fraction of sp³-hybridized carbons (Fsp3) is 0.583. The molecule has 0 N–H and O–H groups in total. The lowest BCUT2D eigenvalue weighted by molar-refractivity contribution is 0.0242. The largest absolute Gasteiger partial charge is 0.444 e. The first-order chi connectivity index (χ1) is 8.89. The topological polar surface area (TPSA) is 78.3 Å². The second-order valence-corrected chi connectivity index (χ2v) is 6.61. The van der Waals surface area contributed by atoms with Gasteiger partial charge in [0, 0.05) is 14.7 Å². The molecule has 1 aliphatic rings. The molecule has 6 nitrogen and oxygen atoms in total. The fourth-order valence-corrected chi connectivity index (χ4v) is 2.98. The normalized spacial score (nSPS) is 13.9. The van der Waals surface area contributed by atoms with Crippen molar-refractivity contribution in [2.75, 3.05) is 0 Å². The highest BCUT2D eigenvalue weighted by molar-refractivity contribution is 7.12. The molecule has 0 aromatic carbocycles. The van der Waals surface area contributed by atoms with Crippen LogP contribution in [0.3, 0.4) is 0 Å². The summed E-state index contributed by atoms with van der Waals surface area (Å²) in [5, 5.41) is 3.54. The van der Waals surface area contributed by atoms with E-state index in [9.17, 15) is 4.79 Å². The molecular weight excluding hydrogens is 264 g/mol. The third-order valence-corrected chi connectivity index (χ3v) is 3.73. The van der Waals surface area contributed by atoms with Crippen LogP contribution in [-0.4, -0.2) is 16.6 Å². The Morgan fingerprint density at radius 3 is 2.89 bits per heavy atom. The molecule has 0 saturated heterocycles. The van der Waals surface area contributed by atoms with Crippen LogP contribution in [0, 0.1) is 0 Å². The minimum Gasteiger partial charge on any atom is -0.444 e. The first-order valence-electron chi connectivity index (χ1n) is 5.98. The molecule has 0 atom stereocenters. The van der Waals surface area contributed by atoms with Crippen molar-refractivity contribution in [1.82, 2.24) is 4.90 Å². The second-order valence-electron chi connectivity index (χ2n) is 5.39. The van der Waals surface area contributed by atoms with Crippen LogP contribution in [0.15, 0.2) is 11.2 Å². The molecule has 7 heteroatoms. The van der Waals surface area contributed by atoms with Gasteiger partial charge in [-0.1, -0.05) is 5.11 Å². The average molecular weight is 280 g/mol. The lowest BCUT2D eigenvalue weighted by atomic mass is 10.2. The Morgan fingerprint density at radius 2 is 2.32 bits per heavy atom. The molecule has 0 fully saturated rings. The van der Waals surface area contributed by atoms with E-state index in [0.29, 0.717) is 19.6 Å². The molecule has 1 aromatic rings.